The van der Waals surface area contributed by atoms with Gasteiger partial charge in [-0.3, -0.25) is 14.8 Å². The van der Waals surface area contributed by atoms with Gasteiger partial charge in [-0.1, -0.05) is 18.2 Å². The minimum Gasteiger partial charge on any atom is -0.476 e. The summed E-state index contributed by atoms with van der Waals surface area (Å²) in [5.74, 6) is -1.41. The third-order valence-electron chi connectivity index (χ3n) is 3.11. The molecule has 7 heteroatoms. The average molecular weight is 275 g/mol. The minimum atomic E-state index is -1.41. The number of nitrogens with zero attached hydrogens (tertiary/aromatic N) is 3. The van der Waals surface area contributed by atoms with Crippen molar-refractivity contribution in [2.45, 2.75) is 20.4 Å². The van der Waals surface area contributed by atoms with Crippen LogP contribution in [0.2, 0.25) is 0 Å². The molecular weight excluding hydrogens is 262 g/mol. The molecule has 0 saturated carbocycles. The number of carboxylic acid groups (broad SMARTS) is 1. The van der Waals surface area contributed by atoms with E-state index in [4.69, 9.17) is 5.11 Å². The lowest BCUT2D eigenvalue weighted by molar-refractivity contribution is -0.385. The Kier molecular flexibility index (Phi) is 3.51. The van der Waals surface area contributed by atoms with Crippen LogP contribution in [0.1, 0.15) is 27.2 Å². The molecule has 0 radical (unpaired) electrons. The Morgan fingerprint density at radius 1 is 1.40 bits per heavy atom. The van der Waals surface area contributed by atoms with Gasteiger partial charge in [0.05, 0.1) is 11.5 Å². The van der Waals surface area contributed by atoms with E-state index in [-0.39, 0.29) is 0 Å². The zero-order chi connectivity index (χ0) is 14.9. The Labute approximate surface area is 114 Å². The SMILES string of the molecule is Cc1cccc(C)c1Cn1cc([N+](=O)[O-])c(C(=O)O)n1. The molecule has 1 aromatic carbocycles. The smallest absolute Gasteiger partial charge is 0.363 e. The Hall–Kier alpha value is -2.70. The summed E-state index contributed by atoms with van der Waals surface area (Å²) in [6, 6.07) is 5.78. The van der Waals surface area contributed by atoms with E-state index in [1.165, 1.54) is 4.68 Å². The molecule has 0 unspecified atom stereocenters. The molecule has 104 valence electrons. The van der Waals surface area contributed by atoms with Crippen molar-refractivity contribution in [3.63, 3.8) is 0 Å². The highest BCUT2D eigenvalue weighted by Crippen LogP contribution is 2.19. The lowest BCUT2D eigenvalue weighted by Crippen LogP contribution is -2.06. The molecule has 0 aliphatic rings. The van der Waals surface area contributed by atoms with Crippen LogP contribution in [0.3, 0.4) is 0 Å². The van der Waals surface area contributed by atoms with Gasteiger partial charge in [0.25, 0.3) is 0 Å². The maximum atomic E-state index is 10.9. The van der Waals surface area contributed by atoms with Crippen LogP contribution in [0.25, 0.3) is 0 Å². The highest BCUT2D eigenvalue weighted by molar-refractivity contribution is 5.89. The molecule has 0 aliphatic carbocycles. The maximum absolute atomic E-state index is 10.9. The first-order chi connectivity index (χ1) is 9.40. The molecule has 0 spiro atoms. The number of benzene rings is 1. The Bertz CT molecular complexity index is 639. The third kappa shape index (κ3) is 2.51. The van der Waals surface area contributed by atoms with Gasteiger partial charge in [-0.05, 0) is 30.5 Å². The van der Waals surface area contributed by atoms with Crippen molar-refractivity contribution in [3.8, 4) is 0 Å². The zero-order valence-corrected chi connectivity index (χ0v) is 11.0. The second-order valence-corrected chi connectivity index (χ2v) is 4.49. The number of hydrogen-bond acceptors (Lipinski definition) is 4. The van der Waals surface area contributed by atoms with Gasteiger partial charge < -0.3 is 5.11 Å². The van der Waals surface area contributed by atoms with E-state index in [1.54, 1.807) is 0 Å². The molecule has 0 amide bonds. The average Bonchev–Trinajstić information content (AvgIpc) is 2.78. The highest BCUT2D eigenvalue weighted by atomic mass is 16.6. The summed E-state index contributed by atoms with van der Waals surface area (Å²) in [5, 5.41) is 23.5. The van der Waals surface area contributed by atoms with Gasteiger partial charge in [-0.2, -0.15) is 5.10 Å². The summed E-state index contributed by atoms with van der Waals surface area (Å²) in [4.78, 5) is 21.0. The van der Waals surface area contributed by atoms with Gasteiger partial charge in [-0.15, -0.1) is 0 Å². The summed E-state index contributed by atoms with van der Waals surface area (Å²) in [6.07, 6.45) is 1.15. The molecule has 20 heavy (non-hydrogen) atoms. The van der Waals surface area contributed by atoms with Crippen LogP contribution in [0.4, 0.5) is 5.69 Å². The number of nitro groups is 1. The van der Waals surface area contributed by atoms with Crippen molar-refractivity contribution in [1.82, 2.24) is 9.78 Å². The van der Waals surface area contributed by atoms with Crippen LogP contribution in [-0.4, -0.2) is 25.8 Å². The molecule has 1 aromatic heterocycles. The van der Waals surface area contributed by atoms with Gasteiger partial charge in [0, 0.05) is 0 Å². The fourth-order valence-corrected chi connectivity index (χ4v) is 2.04. The summed E-state index contributed by atoms with van der Waals surface area (Å²) in [7, 11) is 0. The molecule has 2 aromatic rings. The molecule has 0 saturated heterocycles. The summed E-state index contributed by atoms with van der Waals surface area (Å²) < 4.78 is 1.29. The quantitative estimate of drug-likeness (QED) is 0.681. The highest BCUT2D eigenvalue weighted by Gasteiger charge is 2.25. The van der Waals surface area contributed by atoms with E-state index in [0.29, 0.717) is 6.54 Å². The van der Waals surface area contributed by atoms with Gasteiger partial charge in [0.1, 0.15) is 6.20 Å². The third-order valence-corrected chi connectivity index (χ3v) is 3.11. The first-order valence-corrected chi connectivity index (χ1v) is 5.90. The van der Waals surface area contributed by atoms with Crippen molar-refractivity contribution in [3.05, 3.63) is 56.9 Å². The molecule has 7 nitrogen and oxygen atoms in total. The second kappa shape index (κ2) is 5.12. The Morgan fingerprint density at radius 2 is 2.00 bits per heavy atom. The number of carboxylic acids is 1. The molecule has 2 rings (SSSR count). The fourth-order valence-electron chi connectivity index (χ4n) is 2.04. The zero-order valence-electron chi connectivity index (χ0n) is 11.0. The number of aromatic carboxylic acids is 1. The minimum absolute atomic E-state index is 0.298. The molecule has 1 N–H and O–H groups in total. The molecule has 0 aliphatic heterocycles. The Balaban J connectivity index is 2.42. The lowest BCUT2D eigenvalue weighted by atomic mass is 10.0. The van der Waals surface area contributed by atoms with Crippen molar-refractivity contribution in [1.29, 1.82) is 0 Å². The molecule has 0 bridgehead atoms. The molecular formula is C13H13N3O4. The van der Waals surface area contributed by atoms with Crippen molar-refractivity contribution in [2.75, 3.05) is 0 Å². The standard InChI is InChI=1S/C13H13N3O4/c1-8-4-3-5-9(2)10(8)6-15-7-11(16(19)20)12(14-15)13(17)18/h3-5,7H,6H2,1-2H3,(H,17,18). The van der Waals surface area contributed by atoms with Crippen LogP contribution in [0.5, 0.6) is 0 Å². The van der Waals surface area contributed by atoms with E-state index >= 15 is 0 Å². The largest absolute Gasteiger partial charge is 0.476 e. The van der Waals surface area contributed by atoms with Crippen LogP contribution < -0.4 is 0 Å². The van der Waals surface area contributed by atoms with Crippen molar-refractivity contribution in [2.24, 2.45) is 0 Å². The van der Waals surface area contributed by atoms with Crippen LogP contribution >= 0.6 is 0 Å². The summed E-state index contributed by atoms with van der Waals surface area (Å²) >= 11 is 0. The monoisotopic (exact) mass is 275 g/mol. The normalized spacial score (nSPS) is 10.5. The van der Waals surface area contributed by atoms with Crippen LogP contribution in [-0.2, 0) is 6.54 Å². The number of hydrogen-bond donors (Lipinski definition) is 1. The number of carbonyl (C=O) groups is 1. The van der Waals surface area contributed by atoms with E-state index < -0.39 is 22.3 Å². The first kappa shape index (κ1) is 13.7. The summed E-state index contributed by atoms with van der Waals surface area (Å²) in [6.45, 7) is 4.16. The van der Waals surface area contributed by atoms with Crippen LogP contribution in [0.15, 0.2) is 24.4 Å². The van der Waals surface area contributed by atoms with Gasteiger partial charge >= 0.3 is 11.7 Å². The van der Waals surface area contributed by atoms with E-state index in [0.717, 1.165) is 22.9 Å². The Morgan fingerprint density at radius 3 is 2.45 bits per heavy atom. The predicted octanol–water partition coefficient (Wildman–Crippen LogP) is 2.15. The molecule has 0 atom stereocenters. The van der Waals surface area contributed by atoms with Gasteiger partial charge in [0.2, 0.25) is 5.69 Å². The van der Waals surface area contributed by atoms with E-state index in [9.17, 15) is 14.9 Å². The van der Waals surface area contributed by atoms with E-state index in [2.05, 4.69) is 5.10 Å². The van der Waals surface area contributed by atoms with Crippen molar-refractivity contribution >= 4 is 11.7 Å². The predicted molar refractivity (Wildman–Crippen MR) is 70.9 cm³/mol. The number of aromatic nitrogens is 2. The number of rotatable bonds is 4. The fraction of sp³-hybridized carbons (Fsp3) is 0.231. The maximum Gasteiger partial charge on any atom is 0.363 e. The van der Waals surface area contributed by atoms with Crippen molar-refractivity contribution < 1.29 is 14.8 Å². The molecule has 1 heterocycles. The summed E-state index contributed by atoms with van der Waals surface area (Å²) in [5.41, 5.74) is 1.99. The topological polar surface area (TPSA) is 98.3 Å². The van der Waals surface area contributed by atoms with E-state index in [1.807, 2.05) is 32.0 Å². The lowest BCUT2D eigenvalue weighted by Gasteiger charge is -2.09. The molecule has 0 fully saturated rings. The first-order valence-electron chi connectivity index (χ1n) is 5.90. The second-order valence-electron chi connectivity index (χ2n) is 4.49. The number of aryl methyl sites for hydroxylation is 2. The van der Waals surface area contributed by atoms with Crippen LogP contribution in [0, 0.1) is 24.0 Å². The van der Waals surface area contributed by atoms with Gasteiger partial charge in [0.15, 0.2) is 0 Å². The van der Waals surface area contributed by atoms with Gasteiger partial charge in [-0.25, -0.2) is 4.79 Å².